The number of carbonyl (C=O) groups is 1. The fraction of sp³-hybridized carbons (Fsp3) is 0.207. The lowest BCUT2D eigenvalue weighted by Crippen LogP contribution is -2.14. The first-order valence-corrected chi connectivity index (χ1v) is 11.5. The predicted octanol–water partition coefficient (Wildman–Crippen LogP) is 6.74. The minimum atomic E-state index is -0.466. The summed E-state index contributed by atoms with van der Waals surface area (Å²) in [5, 5.41) is 0.556. The summed E-state index contributed by atoms with van der Waals surface area (Å²) in [6, 6.07) is 19.1. The lowest BCUT2D eigenvalue weighted by molar-refractivity contribution is -0.142. The Balaban J connectivity index is 1.60. The van der Waals surface area contributed by atoms with E-state index >= 15 is 0 Å². The van der Waals surface area contributed by atoms with E-state index in [1.54, 1.807) is 12.1 Å². The topological polar surface area (TPSA) is 54.0 Å². The molecule has 0 radical (unpaired) electrons. The molecule has 0 aliphatic carbocycles. The second kappa shape index (κ2) is 12.7. The lowest BCUT2D eigenvalue weighted by Gasteiger charge is -2.15. The van der Waals surface area contributed by atoms with Crippen LogP contribution in [-0.4, -0.2) is 26.3 Å². The summed E-state index contributed by atoms with van der Waals surface area (Å²) in [5.41, 5.74) is 4.72. The number of hydrogen-bond acceptors (Lipinski definition) is 5. The molecular weight excluding hydrogens is 464 g/mol. The van der Waals surface area contributed by atoms with Gasteiger partial charge in [0, 0.05) is 16.7 Å². The van der Waals surface area contributed by atoms with Crippen LogP contribution in [0.2, 0.25) is 5.02 Å². The molecule has 0 bridgehead atoms. The van der Waals surface area contributed by atoms with Gasteiger partial charge in [-0.05, 0) is 60.4 Å². The maximum absolute atomic E-state index is 11.5. The van der Waals surface area contributed by atoms with E-state index in [1.807, 2.05) is 55.5 Å². The molecule has 3 aromatic carbocycles. The van der Waals surface area contributed by atoms with Crippen molar-refractivity contribution in [1.29, 1.82) is 0 Å². The zero-order valence-electron chi connectivity index (χ0n) is 20.2. The second-order valence-electron chi connectivity index (χ2n) is 7.98. The highest BCUT2D eigenvalue weighted by Crippen LogP contribution is 2.30. The Morgan fingerprint density at radius 1 is 0.914 bits per heavy atom. The Morgan fingerprint density at radius 2 is 1.66 bits per heavy atom. The van der Waals surface area contributed by atoms with Crippen molar-refractivity contribution in [1.82, 2.24) is 0 Å². The van der Waals surface area contributed by atoms with Crippen LogP contribution in [0.5, 0.6) is 17.2 Å². The molecule has 182 valence electrons. The summed E-state index contributed by atoms with van der Waals surface area (Å²) < 4.78 is 22.2. The summed E-state index contributed by atoms with van der Waals surface area (Å²) in [6.45, 7) is 8.36. The number of rotatable bonds is 11. The van der Waals surface area contributed by atoms with Crippen molar-refractivity contribution < 1.29 is 23.7 Å². The number of ether oxygens (including phenoxy) is 4. The van der Waals surface area contributed by atoms with Crippen molar-refractivity contribution in [2.24, 2.45) is 0 Å². The highest BCUT2D eigenvalue weighted by Gasteiger charge is 2.13. The molecule has 0 unspecified atom stereocenters. The van der Waals surface area contributed by atoms with Crippen molar-refractivity contribution in [3.05, 3.63) is 106 Å². The SMILES string of the molecule is C=C(/C=C\c1ccccc1C)COc1cccc(OCc2cc(Cl)cc(C)c2OCC(=O)OC)c1. The standard InChI is InChI=1S/C29H29ClO5/c1-20(12-13-23-9-6-5-8-21(23)2)17-33-26-10-7-11-27(16-26)34-18-24-15-25(30)14-22(3)29(24)35-19-28(31)32-4/h5-16H,1,17-19H2,2-4H3/b13-12-. The van der Waals surface area contributed by atoms with Gasteiger partial charge < -0.3 is 18.9 Å². The van der Waals surface area contributed by atoms with Gasteiger partial charge >= 0.3 is 5.97 Å². The molecule has 0 aliphatic heterocycles. The first-order chi connectivity index (χ1) is 16.9. The van der Waals surface area contributed by atoms with Crippen molar-refractivity contribution in [3.63, 3.8) is 0 Å². The van der Waals surface area contributed by atoms with Gasteiger partial charge in [-0.15, -0.1) is 0 Å². The monoisotopic (exact) mass is 492 g/mol. The summed E-state index contributed by atoms with van der Waals surface area (Å²) in [7, 11) is 1.31. The van der Waals surface area contributed by atoms with E-state index in [2.05, 4.69) is 30.4 Å². The Morgan fingerprint density at radius 3 is 2.40 bits per heavy atom. The van der Waals surface area contributed by atoms with Crippen LogP contribution in [0.25, 0.3) is 6.08 Å². The van der Waals surface area contributed by atoms with Gasteiger partial charge in [-0.2, -0.15) is 0 Å². The van der Waals surface area contributed by atoms with Crippen molar-refractivity contribution >= 4 is 23.6 Å². The molecule has 35 heavy (non-hydrogen) atoms. The molecule has 3 rings (SSSR count). The molecule has 0 N–H and O–H groups in total. The van der Waals surface area contributed by atoms with Crippen LogP contribution in [-0.2, 0) is 16.1 Å². The minimum Gasteiger partial charge on any atom is -0.489 e. The van der Waals surface area contributed by atoms with Crippen LogP contribution in [0.4, 0.5) is 0 Å². The van der Waals surface area contributed by atoms with Crippen LogP contribution >= 0.6 is 11.6 Å². The van der Waals surface area contributed by atoms with E-state index in [-0.39, 0.29) is 13.2 Å². The first kappa shape index (κ1) is 25.9. The van der Waals surface area contributed by atoms with E-state index in [1.165, 1.54) is 12.7 Å². The van der Waals surface area contributed by atoms with E-state index in [0.29, 0.717) is 28.9 Å². The first-order valence-electron chi connectivity index (χ1n) is 11.1. The molecule has 0 saturated carbocycles. The molecule has 0 saturated heterocycles. The third-order valence-electron chi connectivity index (χ3n) is 5.19. The highest BCUT2D eigenvalue weighted by atomic mass is 35.5. The van der Waals surface area contributed by atoms with Gasteiger partial charge in [0.2, 0.25) is 0 Å². The Hall–Kier alpha value is -3.70. The van der Waals surface area contributed by atoms with Gasteiger partial charge in [0.25, 0.3) is 0 Å². The fourth-order valence-electron chi connectivity index (χ4n) is 3.32. The summed E-state index contributed by atoms with van der Waals surface area (Å²) in [4.78, 5) is 11.5. The normalized spacial score (nSPS) is 10.7. The zero-order chi connectivity index (χ0) is 25.2. The molecule has 6 heteroatoms. The fourth-order valence-corrected chi connectivity index (χ4v) is 3.62. The molecule has 0 amide bonds. The number of halogens is 1. The second-order valence-corrected chi connectivity index (χ2v) is 8.41. The smallest absolute Gasteiger partial charge is 0.343 e. The molecule has 0 aliphatic rings. The average Bonchev–Trinajstić information content (AvgIpc) is 2.85. The number of esters is 1. The van der Waals surface area contributed by atoms with E-state index < -0.39 is 5.97 Å². The van der Waals surface area contributed by atoms with Crippen molar-refractivity contribution in [2.75, 3.05) is 20.3 Å². The number of carbonyl (C=O) groups excluding carboxylic acids is 1. The zero-order valence-corrected chi connectivity index (χ0v) is 20.9. The van der Waals surface area contributed by atoms with Gasteiger partial charge in [0.15, 0.2) is 6.61 Å². The maximum atomic E-state index is 11.5. The molecule has 0 heterocycles. The highest BCUT2D eigenvalue weighted by molar-refractivity contribution is 6.30. The molecular formula is C29H29ClO5. The minimum absolute atomic E-state index is 0.197. The molecule has 0 aromatic heterocycles. The van der Waals surface area contributed by atoms with E-state index in [0.717, 1.165) is 22.3 Å². The Labute approximate surface area is 211 Å². The summed E-state index contributed by atoms with van der Waals surface area (Å²) in [6.07, 6.45) is 3.99. The van der Waals surface area contributed by atoms with Crippen molar-refractivity contribution in [3.8, 4) is 17.2 Å². The van der Waals surface area contributed by atoms with Crippen LogP contribution < -0.4 is 14.2 Å². The summed E-state index contributed by atoms with van der Waals surface area (Å²) >= 11 is 6.23. The molecule has 3 aromatic rings. The predicted molar refractivity (Wildman–Crippen MR) is 139 cm³/mol. The van der Waals surface area contributed by atoms with Gasteiger partial charge in [0.05, 0.1) is 7.11 Å². The van der Waals surface area contributed by atoms with E-state index in [4.69, 9.17) is 25.8 Å². The van der Waals surface area contributed by atoms with E-state index in [9.17, 15) is 4.79 Å². The van der Waals surface area contributed by atoms with Crippen LogP contribution in [0, 0.1) is 13.8 Å². The van der Waals surface area contributed by atoms with Crippen LogP contribution in [0.15, 0.2) is 78.9 Å². The van der Waals surface area contributed by atoms with Crippen molar-refractivity contribution in [2.45, 2.75) is 20.5 Å². The third kappa shape index (κ3) is 7.94. The molecule has 0 fully saturated rings. The average molecular weight is 493 g/mol. The Kier molecular flexibility index (Phi) is 9.39. The summed E-state index contributed by atoms with van der Waals surface area (Å²) in [5.74, 6) is 1.37. The molecule has 0 atom stereocenters. The lowest BCUT2D eigenvalue weighted by atomic mass is 10.1. The number of methoxy groups -OCH3 is 1. The third-order valence-corrected chi connectivity index (χ3v) is 5.41. The quantitative estimate of drug-likeness (QED) is 0.219. The van der Waals surface area contributed by atoms with Gasteiger partial charge in [0.1, 0.15) is 30.5 Å². The molecule has 5 nitrogen and oxygen atoms in total. The van der Waals surface area contributed by atoms with Crippen LogP contribution in [0.1, 0.15) is 22.3 Å². The molecule has 0 spiro atoms. The number of hydrogen-bond donors (Lipinski definition) is 0. The Bertz CT molecular complexity index is 1220. The number of aryl methyl sites for hydroxylation is 2. The van der Waals surface area contributed by atoms with Gasteiger partial charge in [-0.25, -0.2) is 4.79 Å². The number of benzene rings is 3. The maximum Gasteiger partial charge on any atom is 0.343 e. The van der Waals surface area contributed by atoms with Gasteiger partial charge in [-0.3, -0.25) is 0 Å². The van der Waals surface area contributed by atoms with Gasteiger partial charge in [-0.1, -0.05) is 60.7 Å². The van der Waals surface area contributed by atoms with Crippen LogP contribution in [0.3, 0.4) is 0 Å². The largest absolute Gasteiger partial charge is 0.489 e.